The summed E-state index contributed by atoms with van der Waals surface area (Å²) < 4.78 is 0. The third-order valence-corrected chi connectivity index (χ3v) is 2.96. The van der Waals surface area contributed by atoms with Crippen LogP contribution >= 0.6 is 0 Å². The van der Waals surface area contributed by atoms with Gasteiger partial charge in [0.15, 0.2) is 0 Å². The van der Waals surface area contributed by atoms with Gasteiger partial charge in [-0.2, -0.15) is 5.10 Å². The number of rotatable bonds is 5. The molecular formula is C13H14N4O3. The van der Waals surface area contributed by atoms with Crippen LogP contribution in [0.2, 0.25) is 0 Å². The zero-order valence-electron chi connectivity index (χ0n) is 10.9. The van der Waals surface area contributed by atoms with E-state index in [2.05, 4.69) is 15.5 Å². The van der Waals surface area contributed by atoms with Gasteiger partial charge in [0, 0.05) is 0 Å². The monoisotopic (exact) mass is 274 g/mol. The van der Waals surface area contributed by atoms with Crippen LogP contribution in [-0.4, -0.2) is 21.0 Å². The molecule has 1 aromatic carbocycles. The molecule has 0 aliphatic rings. The maximum Gasteiger partial charge on any atom is 0.319 e. The average molecular weight is 274 g/mol. The fourth-order valence-electron chi connectivity index (χ4n) is 1.92. The number of nitrogens with one attached hydrogen (secondary N) is 2. The molecule has 0 fully saturated rings. The molecule has 104 valence electrons. The smallest absolute Gasteiger partial charge is 0.319 e. The highest BCUT2D eigenvalue weighted by Gasteiger charge is 2.24. The molecule has 0 radical (unpaired) electrons. The lowest BCUT2D eigenvalue weighted by Gasteiger charge is -2.16. The Balaban J connectivity index is 2.18. The number of amides is 1. The number of benzene rings is 1. The Hall–Kier alpha value is -2.70. The van der Waals surface area contributed by atoms with E-state index in [0.29, 0.717) is 6.42 Å². The average Bonchev–Trinajstić information content (AvgIpc) is 2.95. The van der Waals surface area contributed by atoms with Crippen LogP contribution in [0.15, 0.2) is 36.5 Å². The van der Waals surface area contributed by atoms with Crippen molar-refractivity contribution in [3.8, 4) is 0 Å². The van der Waals surface area contributed by atoms with Crippen molar-refractivity contribution in [3.63, 3.8) is 0 Å². The van der Waals surface area contributed by atoms with Crippen LogP contribution in [0.1, 0.15) is 35.4 Å². The summed E-state index contributed by atoms with van der Waals surface area (Å²) >= 11 is 0. The van der Waals surface area contributed by atoms with Crippen molar-refractivity contribution in [2.75, 3.05) is 0 Å². The Kier molecular flexibility index (Phi) is 4.09. The molecule has 0 aliphatic carbocycles. The molecular weight excluding hydrogens is 260 g/mol. The van der Waals surface area contributed by atoms with Gasteiger partial charge in [0.05, 0.1) is 11.0 Å². The third kappa shape index (κ3) is 2.82. The summed E-state index contributed by atoms with van der Waals surface area (Å²) in [7, 11) is 0. The summed E-state index contributed by atoms with van der Waals surface area (Å²) in [6.07, 6.45) is 1.70. The number of hydrogen-bond donors (Lipinski definition) is 2. The minimum Gasteiger partial charge on any atom is -0.344 e. The van der Waals surface area contributed by atoms with Gasteiger partial charge in [0.2, 0.25) is 5.69 Å². The Bertz CT molecular complexity index is 609. The molecule has 7 heteroatoms. The van der Waals surface area contributed by atoms with Gasteiger partial charge in [-0.1, -0.05) is 37.3 Å². The zero-order chi connectivity index (χ0) is 14.5. The van der Waals surface area contributed by atoms with E-state index in [1.807, 2.05) is 37.3 Å². The number of aromatic nitrogens is 2. The molecule has 1 aromatic heterocycles. The Morgan fingerprint density at radius 3 is 2.75 bits per heavy atom. The molecule has 1 amide bonds. The van der Waals surface area contributed by atoms with Crippen LogP contribution in [0.5, 0.6) is 0 Å². The molecule has 1 atom stereocenters. The van der Waals surface area contributed by atoms with Gasteiger partial charge in [0.1, 0.15) is 6.20 Å². The van der Waals surface area contributed by atoms with Gasteiger partial charge in [-0.15, -0.1) is 0 Å². The van der Waals surface area contributed by atoms with E-state index >= 15 is 0 Å². The zero-order valence-corrected chi connectivity index (χ0v) is 10.9. The molecule has 0 saturated carbocycles. The topological polar surface area (TPSA) is 101 Å². The number of carbonyl (C=O) groups excluding carboxylic acids is 1. The molecule has 20 heavy (non-hydrogen) atoms. The summed E-state index contributed by atoms with van der Waals surface area (Å²) in [5.41, 5.74) is 0.486. The van der Waals surface area contributed by atoms with Crippen LogP contribution in [0.3, 0.4) is 0 Å². The van der Waals surface area contributed by atoms with Crippen LogP contribution in [0.4, 0.5) is 5.69 Å². The van der Waals surface area contributed by atoms with Crippen LogP contribution in [-0.2, 0) is 0 Å². The van der Waals surface area contributed by atoms with Crippen LogP contribution < -0.4 is 5.32 Å². The Labute approximate surface area is 115 Å². The fraction of sp³-hybridized carbons (Fsp3) is 0.231. The maximum atomic E-state index is 12.1. The lowest BCUT2D eigenvalue weighted by atomic mass is 10.0. The Morgan fingerprint density at radius 1 is 1.45 bits per heavy atom. The number of nitro groups is 1. The lowest BCUT2D eigenvalue weighted by Crippen LogP contribution is -2.29. The molecule has 7 nitrogen and oxygen atoms in total. The van der Waals surface area contributed by atoms with Crippen molar-refractivity contribution < 1.29 is 9.72 Å². The molecule has 0 aliphatic heterocycles. The first-order chi connectivity index (χ1) is 9.63. The molecule has 0 bridgehead atoms. The molecule has 2 N–H and O–H groups in total. The standard InChI is InChI=1S/C13H14N4O3/c1-2-10(9-6-4-3-5-7-9)15-13(18)12-11(17(19)20)8-14-16-12/h3-8,10H,2H2,1H3,(H,14,16)(H,15,18). The van der Waals surface area contributed by atoms with Gasteiger partial charge in [-0.05, 0) is 12.0 Å². The Morgan fingerprint density at radius 2 is 2.15 bits per heavy atom. The van der Waals surface area contributed by atoms with Gasteiger partial charge >= 0.3 is 5.69 Å². The number of H-pyrrole nitrogens is 1. The highest BCUT2D eigenvalue weighted by molar-refractivity contribution is 5.96. The molecule has 2 aromatic rings. The van der Waals surface area contributed by atoms with E-state index in [-0.39, 0.29) is 17.4 Å². The predicted octanol–water partition coefficient (Wildman–Crippen LogP) is 2.20. The first-order valence-electron chi connectivity index (χ1n) is 6.17. The molecule has 0 saturated heterocycles. The van der Waals surface area contributed by atoms with Gasteiger partial charge in [0.25, 0.3) is 5.91 Å². The summed E-state index contributed by atoms with van der Waals surface area (Å²) in [5, 5.41) is 19.5. The molecule has 0 spiro atoms. The second-order valence-corrected chi connectivity index (χ2v) is 4.23. The maximum absolute atomic E-state index is 12.1. The van der Waals surface area contributed by atoms with Crippen molar-refractivity contribution in [1.29, 1.82) is 0 Å². The van der Waals surface area contributed by atoms with Crippen molar-refractivity contribution in [3.05, 3.63) is 57.9 Å². The quantitative estimate of drug-likeness (QED) is 0.644. The van der Waals surface area contributed by atoms with E-state index in [4.69, 9.17) is 0 Å². The van der Waals surface area contributed by atoms with E-state index in [1.54, 1.807) is 0 Å². The van der Waals surface area contributed by atoms with Crippen molar-refractivity contribution >= 4 is 11.6 Å². The minimum absolute atomic E-state index is 0.135. The first kappa shape index (κ1) is 13.7. The lowest BCUT2D eigenvalue weighted by molar-refractivity contribution is -0.385. The highest BCUT2D eigenvalue weighted by atomic mass is 16.6. The predicted molar refractivity (Wildman–Crippen MR) is 72.2 cm³/mol. The van der Waals surface area contributed by atoms with Crippen LogP contribution in [0.25, 0.3) is 0 Å². The van der Waals surface area contributed by atoms with Gasteiger partial charge in [-0.3, -0.25) is 20.0 Å². The molecule has 1 heterocycles. The SMILES string of the molecule is CCC(NC(=O)c1[nH]ncc1[N+](=O)[O-])c1ccccc1. The minimum atomic E-state index is -0.637. The van der Waals surface area contributed by atoms with Gasteiger partial charge < -0.3 is 5.32 Å². The van der Waals surface area contributed by atoms with Crippen molar-refractivity contribution in [2.24, 2.45) is 0 Å². The van der Waals surface area contributed by atoms with E-state index in [9.17, 15) is 14.9 Å². The van der Waals surface area contributed by atoms with E-state index in [1.165, 1.54) is 0 Å². The highest BCUT2D eigenvalue weighted by Crippen LogP contribution is 2.19. The summed E-state index contributed by atoms with van der Waals surface area (Å²) in [6, 6.07) is 9.24. The molecule has 1 unspecified atom stereocenters. The third-order valence-electron chi connectivity index (χ3n) is 2.96. The number of aromatic amines is 1. The van der Waals surface area contributed by atoms with Crippen molar-refractivity contribution in [1.82, 2.24) is 15.5 Å². The summed E-state index contributed by atoms with van der Waals surface area (Å²) in [6.45, 7) is 1.93. The van der Waals surface area contributed by atoms with E-state index in [0.717, 1.165) is 11.8 Å². The van der Waals surface area contributed by atoms with Crippen molar-refractivity contribution in [2.45, 2.75) is 19.4 Å². The largest absolute Gasteiger partial charge is 0.344 e. The van der Waals surface area contributed by atoms with Gasteiger partial charge in [-0.25, -0.2) is 0 Å². The summed E-state index contributed by atoms with van der Waals surface area (Å²) in [5.74, 6) is -0.537. The second kappa shape index (κ2) is 5.96. The van der Waals surface area contributed by atoms with E-state index < -0.39 is 10.8 Å². The normalized spacial score (nSPS) is 11.8. The fourth-order valence-corrected chi connectivity index (χ4v) is 1.92. The summed E-state index contributed by atoms with van der Waals surface area (Å²) in [4.78, 5) is 22.2. The molecule has 2 rings (SSSR count). The number of hydrogen-bond acceptors (Lipinski definition) is 4. The number of nitrogens with zero attached hydrogens (tertiary/aromatic N) is 2. The second-order valence-electron chi connectivity index (χ2n) is 4.23. The number of carbonyl (C=O) groups is 1. The van der Waals surface area contributed by atoms with Crippen LogP contribution in [0, 0.1) is 10.1 Å². The first-order valence-corrected chi connectivity index (χ1v) is 6.17.